The highest BCUT2D eigenvalue weighted by atomic mass is 32.1. The van der Waals surface area contributed by atoms with Crippen molar-refractivity contribution in [3.8, 4) is 9.88 Å². The second-order valence-corrected chi connectivity index (χ2v) is 10.6. The first-order valence-corrected chi connectivity index (χ1v) is 12.3. The van der Waals surface area contributed by atoms with Crippen molar-refractivity contribution in [1.29, 1.82) is 0 Å². The molecular formula is C23H27N5O2S2. The number of aromatic nitrogens is 2. The normalized spacial score (nSPS) is 14.5. The zero-order chi connectivity index (χ0) is 22.7. The largest absolute Gasteiger partial charge is 0.343 e. The zero-order valence-electron chi connectivity index (χ0n) is 18.5. The van der Waals surface area contributed by atoms with Crippen molar-refractivity contribution < 1.29 is 9.59 Å². The van der Waals surface area contributed by atoms with Gasteiger partial charge in [0.05, 0.1) is 11.4 Å². The van der Waals surface area contributed by atoms with E-state index in [9.17, 15) is 9.59 Å². The number of benzene rings is 1. The van der Waals surface area contributed by atoms with Crippen LogP contribution < -0.4 is 10.2 Å². The van der Waals surface area contributed by atoms with Gasteiger partial charge in [0.25, 0.3) is 5.91 Å². The van der Waals surface area contributed by atoms with Crippen molar-refractivity contribution in [2.75, 3.05) is 37.6 Å². The molecule has 9 heteroatoms. The van der Waals surface area contributed by atoms with Gasteiger partial charge in [-0.3, -0.25) is 9.59 Å². The number of carbonyl (C=O) groups is 2. The Hall–Kier alpha value is -2.78. The molecule has 2 amide bonds. The first-order chi connectivity index (χ1) is 15.3. The van der Waals surface area contributed by atoms with Crippen LogP contribution in [0.4, 0.5) is 5.13 Å². The average Bonchev–Trinajstić information content (AvgIpc) is 3.49. The Balaban J connectivity index is 1.25. The van der Waals surface area contributed by atoms with Gasteiger partial charge in [0.2, 0.25) is 11.0 Å². The van der Waals surface area contributed by atoms with Gasteiger partial charge in [0.15, 0.2) is 5.01 Å². The summed E-state index contributed by atoms with van der Waals surface area (Å²) in [5.41, 5.74) is 1.77. The molecule has 0 radical (unpaired) electrons. The average molecular weight is 470 g/mol. The lowest BCUT2D eigenvalue weighted by molar-refractivity contribution is -0.130. The minimum atomic E-state index is -0.229. The van der Waals surface area contributed by atoms with Gasteiger partial charge in [-0.15, -0.1) is 21.5 Å². The van der Waals surface area contributed by atoms with Crippen molar-refractivity contribution >= 4 is 39.6 Å². The summed E-state index contributed by atoms with van der Waals surface area (Å²) in [6, 6.07) is 11.6. The van der Waals surface area contributed by atoms with Crippen LogP contribution >= 0.6 is 22.7 Å². The first-order valence-electron chi connectivity index (χ1n) is 10.6. The topological polar surface area (TPSA) is 78.4 Å². The van der Waals surface area contributed by atoms with E-state index in [-0.39, 0.29) is 23.8 Å². The van der Waals surface area contributed by atoms with E-state index in [1.54, 1.807) is 27.6 Å². The molecule has 1 aromatic carbocycles. The molecule has 0 atom stereocenters. The van der Waals surface area contributed by atoms with Crippen LogP contribution in [0.15, 0.2) is 41.8 Å². The third-order valence-electron chi connectivity index (χ3n) is 5.46. The first kappa shape index (κ1) is 22.4. The van der Waals surface area contributed by atoms with Crippen LogP contribution in [-0.4, -0.2) is 59.6 Å². The quantitative estimate of drug-likeness (QED) is 0.617. The van der Waals surface area contributed by atoms with Crippen molar-refractivity contribution in [2.24, 2.45) is 0 Å². The van der Waals surface area contributed by atoms with Gasteiger partial charge in [-0.1, -0.05) is 50.3 Å². The van der Waals surface area contributed by atoms with Gasteiger partial charge in [0.1, 0.15) is 0 Å². The molecule has 0 unspecified atom stereocenters. The van der Waals surface area contributed by atoms with Gasteiger partial charge >= 0.3 is 0 Å². The lowest BCUT2D eigenvalue weighted by atomic mass is 9.87. The van der Waals surface area contributed by atoms with Crippen LogP contribution in [-0.2, 0) is 10.2 Å². The number of piperazine rings is 1. The van der Waals surface area contributed by atoms with Gasteiger partial charge < -0.3 is 15.1 Å². The van der Waals surface area contributed by atoms with Crippen molar-refractivity contribution in [3.05, 3.63) is 52.9 Å². The summed E-state index contributed by atoms with van der Waals surface area (Å²) in [6.45, 7) is 9.00. The van der Waals surface area contributed by atoms with Crippen LogP contribution in [0, 0.1) is 0 Å². The molecule has 3 heterocycles. The lowest BCUT2D eigenvalue weighted by Gasteiger charge is -2.34. The maximum absolute atomic E-state index is 12.6. The lowest BCUT2D eigenvalue weighted by Crippen LogP contribution is -2.51. The molecule has 1 aliphatic rings. The SMILES string of the molecule is CC(C)(C)c1ccc(C(=O)NCC(=O)N2CCN(c3nnc(-c4cccs4)s3)CC2)cc1. The number of carbonyl (C=O) groups excluding carboxylic acids is 2. The van der Waals surface area contributed by atoms with Crippen LogP contribution in [0.3, 0.4) is 0 Å². The van der Waals surface area contributed by atoms with E-state index in [0.717, 1.165) is 15.0 Å². The molecule has 0 bridgehead atoms. The number of amides is 2. The molecule has 3 aromatic rings. The molecule has 1 fully saturated rings. The van der Waals surface area contributed by atoms with Crippen molar-refractivity contribution in [3.63, 3.8) is 0 Å². The number of rotatable bonds is 5. The number of nitrogens with one attached hydrogen (secondary N) is 1. The highest BCUT2D eigenvalue weighted by Crippen LogP contribution is 2.31. The van der Waals surface area contributed by atoms with Crippen LogP contribution in [0.1, 0.15) is 36.7 Å². The van der Waals surface area contributed by atoms with E-state index in [2.05, 4.69) is 41.2 Å². The maximum atomic E-state index is 12.6. The van der Waals surface area contributed by atoms with Gasteiger partial charge in [-0.05, 0) is 34.6 Å². The summed E-state index contributed by atoms with van der Waals surface area (Å²) in [6.07, 6.45) is 0. The summed E-state index contributed by atoms with van der Waals surface area (Å²) in [7, 11) is 0. The second-order valence-electron chi connectivity index (χ2n) is 8.74. The zero-order valence-corrected chi connectivity index (χ0v) is 20.1. The van der Waals surface area contributed by atoms with E-state index < -0.39 is 0 Å². The van der Waals surface area contributed by atoms with Gasteiger partial charge in [-0.2, -0.15) is 0 Å². The Morgan fingerprint density at radius 2 is 1.75 bits per heavy atom. The summed E-state index contributed by atoms with van der Waals surface area (Å²) < 4.78 is 0. The second kappa shape index (κ2) is 9.38. The maximum Gasteiger partial charge on any atom is 0.251 e. The molecule has 1 N–H and O–H groups in total. The molecule has 4 rings (SSSR count). The molecule has 0 spiro atoms. The van der Waals surface area contributed by atoms with Crippen LogP contribution in [0.5, 0.6) is 0 Å². The predicted octanol–water partition coefficient (Wildman–Crippen LogP) is 3.64. The van der Waals surface area contributed by atoms with Crippen molar-refractivity contribution in [1.82, 2.24) is 20.4 Å². The Morgan fingerprint density at radius 3 is 2.38 bits per heavy atom. The highest BCUT2D eigenvalue weighted by Gasteiger charge is 2.24. The molecule has 168 valence electrons. The minimum absolute atomic E-state index is 0.00118. The standard InChI is InChI=1S/C23H27N5O2S2/c1-23(2,3)17-8-6-16(7-9-17)20(30)24-15-19(29)27-10-12-28(13-11-27)22-26-25-21(32-22)18-5-4-14-31-18/h4-9,14H,10-13,15H2,1-3H3,(H,24,30). The third-order valence-corrected chi connectivity index (χ3v) is 7.49. The van der Waals surface area contributed by atoms with Gasteiger partial charge in [-0.25, -0.2) is 0 Å². The molecule has 2 aromatic heterocycles. The predicted molar refractivity (Wildman–Crippen MR) is 129 cm³/mol. The fourth-order valence-electron chi connectivity index (χ4n) is 3.48. The Kier molecular flexibility index (Phi) is 6.57. The van der Waals surface area contributed by atoms with E-state index in [1.165, 1.54) is 5.56 Å². The number of anilines is 1. The molecule has 0 aliphatic carbocycles. The van der Waals surface area contributed by atoms with Crippen LogP contribution in [0.25, 0.3) is 9.88 Å². The van der Waals surface area contributed by atoms with Crippen molar-refractivity contribution in [2.45, 2.75) is 26.2 Å². The summed E-state index contributed by atoms with van der Waals surface area (Å²) >= 11 is 3.22. The van der Waals surface area contributed by atoms with E-state index in [0.29, 0.717) is 31.7 Å². The highest BCUT2D eigenvalue weighted by molar-refractivity contribution is 7.22. The molecular weight excluding hydrogens is 442 g/mol. The fraction of sp³-hybridized carbons (Fsp3) is 0.391. The van der Waals surface area contributed by atoms with E-state index >= 15 is 0 Å². The Labute approximate surface area is 196 Å². The number of thiophene rings is 1. The smallest absolute Gasteiger partial charge is 0.251 e. The Morgan fingerprint density at radius 1 is 1.03 bits per heavy atom. The van der Waals surface area contributed by atoms with E-state index in [4.69, 9.17) is 0 Å². The third kappa shape index (κ3) is 5.16. The number of nitrogens with zero attached hydrogens (tertiary/aromatic N) is 4. The Bertz CT molecular complexity index is 1060. The molecule has 32 heavy (non-hydrogen) atoms. The molecule has 1 aliphatic heterocycles. The van der Waals surface area contributed by atoms with E-state index in [1.807, 2.05) is 41.8 Å². The molecule has 7 nitrogen and oxygen atoms in total. The van der Waals surface area contributed by atoms with Gasteiger partial charge in [0, 0.05) is 31.7 Å². The number of hydrogen-bond donors (Lipinski definition) is 1. The summed E-state index contributed by atoms with van der Waals surface area (Å²) in [5.74, 6) is -0.298. The summed E-state index contributed by atoms with van der Waals surface area (Å²) in [4.78, 5) is 30.1. The minimum Gasteiger partial charge on any atom is -0.343 e. The monoisotopic (exact) mass is 469 g/mol. The molecule has 1 saturated heterocycles. The van der Waals surface area contributed by atoms with Crippen LogP contribution in [0.2, 0.25) is 0 Å². The molecule has 0 saturated carbocycles. The fourth-order valence-corrected chi connectivity index (χ4v) is 5.17. The number of hydrogen-bond acceptors (Lipinski definition) is 7. The summed E-state index contributed by atoms with van der Waals surface area (Å²) in [5, 5.41) is 15.2.